The lowest BCUT2D eigenvalue weighted by Gasteiger charge is -2.12. The SMILES string of the molecule is COC(=O)c1nc2c(C)c(C)c(C)c(C)n2c1C. The van der Waals surface area contributed by atoms with Gasteiger partial charge in [-0.2, -0.15) is 0 Å². The summed E-state index contributed by atoms with van der Waals surface area (Å²) in [5.41, 5.74) is 6.76. The number of carbonyl (C=O) groups excluding carboxylic acids is 1. The molecule has 0 N–H and O–H groups in total. The van der Waals surface area contributed by atoms with Crippen LogP contribution in [0.25, 0.3) is 5.65 Å². The van der Waals surface area contributed by atoms with Gasteiger partial charge in [-0.3, -0.25) is 0 Å². The summed E-state index contributed by atoms with van der Waals surface area (Å²) in [5, 5.41) is 0. The molecule has 18 heavy (non-hydrogen) atoms. The number of methoxy groups -OCH3 is 1. The van der Waals surface area contributed by atoms with Crippen molar-refractivity contribution < 1.29 is 9.53 Å². The Labute approximate surface area is 107 Å². The summed E-state index contributed by atoms with van der Waals surface area (Å²) in [6.07, 6.45) is 0. The number of esters is 1. The van der Waals surface area contributed by atoms with Crippen LogP contribution in [0, 0.1) is 34.6 Å². The minimum Gasteiger partial charge on any atom is -0.464 e. The summed E-state index contributed by atoms with van der Waals surface area (Å²) in [6.45, 7) is 10.1. The third kappa shape index (κ3) is 1.52. The molecule has 2 aromatic heterocycles. The molecule has 0 aliphatic heterocycles. The molecule has 4 heteroatoms. The summed E-state index contributed by atoms with van der Waals surface area (Å²) in [7, 11) is 1.38. The van der Waals surface area contributed by atoms with Gasteiger partial charge in [0, 0.05) is 5.69 Å². The Bertz CT molecular complexity index is 654. The maximum Gasteiger partial charge on any atom is 0.358 e. The van der Waals surface area contributed by atoms with Gasteiger partial charge in [0.05, 0.1) is 12.8 Å². The maximum absolute atomic E-state index is 11.7. The number of hydrogen-bond donors (Lipinski definition) is 0. The predicted molar refractivity (Wildman–Crippen MR) is 70.2 cm³/mol. The van der Waals surface area contributed by atoms with Crippen LogP contribution in [-0.4, -0.2) is 22.5 Å². The zero-order valence-corrected chi connectivity index (χ0v) is 11.7. The molecule has 2 heterocycles. The maximum atomic E-state index is 11.7. The Morgan fingerprint density at radius 3 is 2.17 bits per heavy atom. The molecule has 0 aromatic carbocycles. The summed E-state index contributed by atoms with van der Waals surface area (Å²) >= 11 is 0. The van der Waals surface area contributed by atoms with Gasteiger partial charge in [-0.1, -0.05) is 0 Å². The molecule has 0 saturated carbocycles. The van der Waals surface area contributed by atoms with E-state index in [1.807, 2.05) is 25.2 Å². The first-order chi connectivity index (χ1) is 8.40. The number of aromatic nitrogens is 2. The number of nitrogens with zero attached hydrogens (tertiary/aromatic N) is 2. The third-order valence-corrected chi connectivity index (χ3v) is 3.82. The zero-order chi connectivity index (χ0) is 13.6. The Morgan fingerprint density at radius 1 is 1.00 bits per heavy atom. The van der Waals surface area contributed by atoms with E-state index in [1.54, 1.807) is 0 Å². The average Bonchev–Trinajstić information content (AvgIpc) is 2.71. The molecule has 0 spiro atoms. The minimum atomic E-state index is -0.384. The topological polar surface area (TPSA) is 43.6 Å². The quantitative estimate of drug-likeness (QED) is 0.726. The Balaban J connectivity index is 2.93. The molecule has 0 bridgehead atoms. The van der Waals surface area contributed by atoms with E-state index in [9.17, 15) is 4.79 Å². The van der Waals surface area contributed by atoms with Crippen molar-refractivity contribution in [3.8, 4) is 0 Å². The van der Waals surface area contributed by atoms with Gasteiger partial charge in [0.15, 0.2) is 5.69 Å². The van der Waals surface area contributed by atoms with E-state index < -0.39 is 0 Å². The second-order valence-electron chi connectivity index (χ2n) is 4.66. The number of carbonyl (C=O) groups is 1. The van der Waals surface area contributed by atoms with Crippen LogP contribution in [-0.2, 0) is 4.74 Å². The van der Waals surface area contributed by atoms with Gasteiger partial charge in [0.1, 0.15) is 5.65 Å². The zero-order valence-electron chi connectivity index (χ0n) is 11.7. The Morgan fingerprint density at radius 2 is 1.61 bits per heavy atom. The monoisotopic (exact) mass is 246 g/mol. The highest BCUT2D eigenvalue weighted by molar-refractivity contribution is 5.89. The number of ether oxygens (including phenoxy) is 1. The van der Waals surface area contributed by atoms with Crippen LogP contribution >= 0.6 is 0 Å². The molecular weight excluding hydrogens is 228 g/mol. The van der Waals surface area contributed by atoms with Gasteiger partial charge in [-0.25, -0.2) is 9.78 Å². The molecule has 4 nitrogen and oxygen atoms in total. The molecule has 0 aliphatic rings. The standard InChI is InChI=1S/C14H18N2O2/c1-7-8(2)10(4)16-11(5)12(14(17)18-6)15-13(16)9(7)3/h1-6H3. The van der Waals surface area contributed by atoms with Crippen LogP contribution in [0.1, 0.15) is 38.6 Å². The van der Waals surface area contributed by atoms with E-state index >= 15 is 0 Å². The first-order valence-corrected chi connectivity index (χ1v) is 5.93. The number of rotatable bonds is 1. The van der Waals surface area contributed by atoms with Crippen LogP contribution in [0.5, 0.6) is 0 Å². The fourth-order valence-corrected chi connectivity index (χ4v) is 2.34. The third-order valence-electron chi connectivity index (χ3n) is 3.82. The first kappa shape index (κ1) is 12.6. The van der Waals surface area contributed by atoms with Gasteiger partial charge in [0.2, 0.25) is 0 Å². The van der Waals surface area contributed by atoms with E-state index in [0.717, 1.165) is 22.6 Å². The van der Waals surface area contributed by atoms with Crippen LogP contribution < -0.4 is 0 Å². The summed E-state index contributed by atoms with van der Waals surface area (Å²) < 4.78 is 6.80. The van der Waals surface area contributed by atoms with Crippen LogP contribution in [0.4, 0.5) is 0 Å². The van der Waals surface area contributed by atoms with Crippen molar-refractivity contribution in [3.63, 3.8) is 0 Å². The molecule has 0 fully saturated rings. The van der Waals surface area contributed by atoms with E-state index in [-0.39, 0.29) is 5.97 Å². The molecule has 2 aromatic rings. The second kappa shape index (κ2) is 4.12. The van der Waals surface area contributed by atoms with Crippen LogP contribution in [0.3, 0.4) is 0 Å². The van der Waals surface area contributed by atoms with Gasteiger partial charge < -0.3 is 9.14 Å². The van der Waals surface area contributed by atoms with Crippen molar-refractivity contribution >= 4 is 11.6 Å². The fourth-order valence-electron chi connectivity index (χ4n) is 2.34. The second-order valence-corrected chi connectivity index (χ2v) is 4.66. The summed E-state index contributed by atoms with van der Waals surface area (Å²) in [4.78, 5) is 16.1. The highest BCUT2D eigenvalue weighted by Gasteiger charge is 2.20. The highest BCUT2D eigenvalue weighted by atomic mass is 16.5. The lowest BCUT2D eigenvalue weighted by molar-refractivity contribution is 0.0594. The van der Waals surface area contributed by atoms with E-state index in [1.165, 1.54) is 18.2 Å². The van der Waals surface area contributed by atoms with E-state index in [0.29, 0.717) is 5.69 Å². The number of fused-ring (bicyclic) bond motifs is 1. The Hall–Kier alpha value is -1.84. The van der Waals surface area contributed by atoms with Crippen molar-refractivity contribution in [2.45, 2.75) is 34.6 Å². The van der Waals surface area contributed by atoms with Gasteiger partial charge in [0.25, 0.3) is 0 Å². The lowest BCUT2D eigenvalue weighted by atomic mass is 10.0. The molecular formula is C14H18N2O2. The van der Waals surface area contributed by atoms with Crippen molar-refractivity contribution in [2.24, 2.45) is 0 Å². The molecule has 2 rings (SSSR count). The number of pyridine rings is 1. The molecule has 0 saturated heterocycles. The van der Waals surface area contributed by atoms with E-state index in [4.69, 9.17) is 4.74 Å². The van der Waals surface area contributed by atoms with Crippen LogP contribution in [0.15, 0.2) is 0 Å². The fraction of sp³-hybridized carbons (Fsp3) is 0.429. The van der Waals surface area contributed by atoms with Crippen molar-refractivity contribution in [3.05, 3.63) is 33.8 Å². The van der Waals surface area contributed by atoms with Crippen molar-refractivity contribution in [1.82, 2.24) is 9.38 Å². The summed E-state index contributed by atoms with van der Waals surface area (Å²) in [5.74, 6) is -0.384. The van der Waals surface area contributed by atoms with Gasteiger partial charge >= 0.3 is 5.97 Å². The molecule has 0 radical (unpaired) electrons. The average molecular weight is 246 g/mol. The molecule has 0 amide bonds. The number of aryl methyl sites for hydroxylation is 3. The number of hydrogen-bond acceptors (Lipinski definition) is 3. The van der Waals surface area contributed by atoms with Gasteiger partial charge in [-0.15, -0.1) is 0 Å². The minimum absolute atomic E-state index is 0.384. The largest absolute Gasteiger partial charge is 0.464 e. The molecule has 96 valence electrons. The predicted octanol–water partition coefficient (Wildman–Crippen LogP) is 2.66. The van der Waals surface area contributed by atoms with Gasteiger partial charge in [-0.05, 0) is 51.3 Å². The molecule has 0 unspecified atom stereocenters. The van der Waals surface area contributed by atoms with E-state index in [2.05, 4.69) is 18.8 Å². The normalized spacial score (nSPS) is 11.0. The Kier molecular flexibility index (Phi) is 2.89. The first-order valence-electron chi connectivity index (χ1n) is 5.93. The lowest BCUT2D eigenvalue weighted by Crippen LogP contribution is -2.05. The highest BCUT2D eigenvalue weighted by Crippen LogP contribution is 2.24. The van der Waals surface area contributed by atoms with Crippen LogP contribution in [0.2, 0.25) is 0 Å². The van der Waals surface area contributed by atoms with Crippen molar-refractivity contribution in [2.75, 3.05) is 7.11 Å². The summed E-state index contributed by atoms with van der Waals surface area (Å²) in [6, 6.07) is 0. The number of imidazole rings is 1. The molecule has 0 aliphatic carbocycles. The molecule has 0 atom stereocenters. The smallest absolute Gasteiger partial charge is 0.358 e. The van der Waals surface area contributed by atoms with Crippen molar-refractivity contribution in [1.29, 1.82) is 0 Å².